The summed E-state index contributed by atoms with van der Waals surface area (Å²) in [4.78, 5) is 33.9. The molecule has 0 unspecified atom stereocenters. The van der Waals surface area contributed by atoms with Crippen molar-refractivity contribution < 1.29 is 22.7 Å². The molecule has 8 nitrogen and oxygen atoms in total. The molecule has 1 saturated heterocycles. The number of halogens is 3. The maximum atomic E-state index is 13.8. The Morgan fingerprint density at radius 3 is 2.38 bits per heavy atom. The third-order valence-corrected chi connectivity index (χ3v) is 6.23. The highest BCUT2D eigenvalue weighted by Gasteiger charge is 2.34. The molecule has 1 aliphatic rings. The van der Waals surface area contributed by atoms with Crippen LogP contribution in [0.25, 0.3) is 11.1 Å². The summed E-state index contributed by atoms with van der Waals surface area (Å²) in [5.74, 6) is -0.170. The van der Waals surface area contributed by atoms with Crippen molar-refractivity contribution >= 4 is 11.6 Å². The summed E-state index contributed by atoms with van der Waals surface area (Å²) < 4.78 is 46.9. The lowest BCUT2D eigenvalue weighted by molar-refractivity contribution is -0.138. The van der Waals surface area contributed by atoms with Crippen molar-refractivity contribution in [3.05, 3.63) is 76.5 Å². The van der Waals surface area contributed by atoms with Gasteiger partial charge >= 0.3 is 11.9 Å². The van der Waals surface area contributed by atoms with Gasteiger partial charge in [0.05, 0.1) is 5.56 Å². The number of anilines is 1. The Balaban J connectivity index is 1.35. The van der Waals surface area contributed by atoms with E-state index in [4.69, 9.17) is 4.74 Å². The van der Waals surface area contributed by atoms with Gasteiger partial charge in [0.2, 0.25) is 0 Å². The van der Waals surface area contributed by atoms with Crippen molar-refractivity contribution in [2.75, 3.05) is 44.6 Å². The third kappa shape index (κ3) is 7.17. The van der Waals surface area contributed by atoms with E-state index in [2.05, 4.69) is 27.1 Å². The first-order chi connectivity index (χ1) is 17.7. The lowest BCUT2D eigenvalue weighted by atomic mass is 10.0. The summed E-state index contributed by atoms with van der Waals surface area (Å²) in [6.07, 6.45) is -1.57. The minimum Gasteiger partial charge on any atom is -0.484 e. The van der Waals surface area contributed by atoms with E-state index in [1.54, 1.807) is 24.3 Å². The number of aromatic amines is 1. The molecule has 2 heterocycles. The number of hydrogen-bond acceptors (Lipinski definition) is 6. The van der Waals surface area contributed by atoms with E-state index in [0.29, 0.717) is 24.4 Å². The molecule has 0 bridgehead atoms. The van der Waals surface area contributed by atoms with E-state index in [1.807, 2.05) is 4.90 Å². The van der Waals surface area contributed by atoms with Crippen LogP contribution in [0.4, 0.5) is 18.9 Å². The van der Waals surface area contributed by atoms with E-state index >= 15 is 0 Å². The number of piperazine rings is 1. The normalized spacial score (nSPS) is 14.9. The first kappa shape index (κ1) is 26.4. The third-order valence-electron chi connectivity index (χ3n) is 6.23. The smallest absolute Gasteiger partial charge is 0.416 e. The molecule has 3 aromatic rings. The molecule has 4 rings (SSSR count). The fraction of sp³-hybridized carbons (Fsp3) is 0.346. The van der Waals surface area contributed by atoms with Crippen LogP contribution in [0.5, 0.6) is 5.75 Å². The Labute approximate surface area is 212 Å². The number of H-pyrrole nitrogens is 1. The Morgan fingerprint density at radius 1 is 1.05 bits per heavy atom. The lowest BCUT2D eigenvalue weighted by Gasteiger charge is -2.34. The van der Waals surface area contributed by atoms with Crippen LogP contribution in [0.1, 0.15) is 18.1 Å². The second-order valence-corrected chi connectivity index (χ2v) is 8.75. The number of carbonyl (C=O) groups excluding carboxylic acids is 1. The number of nitrogens with zero attached hydrogens (tertiary/aromatic N) is 3. The minimum atomic E-state index is -4.54. The van der Waals surface area contributed by atoms with Gasteiger partial charge < -0.3 is 19.9 Å². The van der Waals surface area contributed by atoms with Crippen molar-refractivity contribution in [3.63, 3.8) is 0 Å². The maximum Gasteiger partial charge on any atom is 0.416 e. The van der Waals surface area contributed by atoms with Gasteiger partial charge in [-0.1, -0.05) is 25.1 Å². The fourth-order valence-electron chi connectivity index (χ4n) is 4.15. The summed E-state index contributed by atoms with van der Waals surface area (Å²) in [6, 6.07) is 10.6. The molecule has 1 aromatic heterocycles. The Morgan fingerprint density at radius 2 is 1.76 bits per heavy atom. The Bertz CT molecular complexity index is 1250. The monoisotopic (exact) mass is 515 g/mol. The summed E-state index contributed by atoms with van der Waals surface area (Å²) >= 11 is 0. The second kappa shape index (κ2) is 11.6. The fourth-order valence-corrected chi connectivity index (χ4v) is 4.15. The zero-order chi connectivity index (χ0) is 26.4. The number of aromatic nitrogens is 2. The quantitative estimate of drug-likeness (QED) is 0.477. The van der Waals surface area contributed by atoms with Crippen molar-refractivity contribution in [1.29, 1.82) is 0 Å². The molecular formula is C26H28F3N5O3. The maximum absolute atomic E-state index is 13.8. The highest BCUT2D eigenvalue weighted by Crippen LogP contribution is 2.34. The van der Waals surface area contributed by atoms with E-state index < -0.39 is 23.3 Å². The molecule has 2 N–H and O–H groups in total. The van der Waals surface area contributed by atoms with Crippen LogP contribution in [0.15, 0.2) is 59.7 Å². The van der Waals surface area contributed by atoms with Gasteiger partial charge in [0.1, 0.15) is 5.75 Å². The molecule has 196 valence electrons. The number of hydrogen-bond donors (Lipinski definition) is 2. The van der Waals surface area contributed by atoms with Crippen LogP contribution in [0.3, 0.4) is 0 Å². The zero-order valence-electron chi connectivity index (χ0n) is 20.3. The summed E-state index contributed by atoms with van der Waals surface area (Å²) in [6.45, 7) is 5.92. The number of ether oxygens (including phenoxy) is 1. The van der Waals surface area contributed by atoms with Gasteiger partial charge in [-0.25, -0.2) is 9.78 Å². The SMILES string of the molecule is CCN1CCN(Cc2ccc(NC(=O)COc3ccc(-c4cnc(=O)[nH]c4)cc3)cc2C(F)(F)F)CC1. The number of nitrogens with one attached hydrogen (secondary N) is 2. The molecular weight excluding hydrogens is 487 g/mol. The average Bonchev–Trinajstić information content (AvgIpc) is 2.89. The van der Waals surface area contributed by atoms with Crippen molar-refractivity contribution in [1.82, 2.24) is 19.8 Å². The van der Waals surface area contributed by atoms with Gasteiger partial charge in [0, 0.05) is 56.4 Å². The molecule has 1 aliphatic heterocycles. The molecule has 0 saturated carbocycles. The summed E-state index contributed by atoms with van der Waals surface area (Å²) in [5, 5.41) is 2.49. The van der Waals surface area contributed by atoms with Crippen molar-refractivity contribution in [2.24, 2.45) is 0 Å². The number of amides is 1. The molecule has 2 aromatic carbocycles. The molecule has 11 heteroatoms. The van der Waals surface area contributed by atoms with E-state index in [-0.39, 0.29) is 24.4 Å². The van der Waals surface area contributed by atoms with Crippen LogP contribution in [-0.4, -0.2) is 65.0 Å². The molecule has 0 spiro atoms. The summed E-state index contributed by atoms with van der Waals surface area (Å²) in [5.41, 5.74) is 0.531. The van der Waals surface area contributed by atoms with Gasteiger partial charge in [-0.05, 0) is 41.9 Å². The lowest BCUT2D eigenvalue weighted by Crippen LogP contribution is -2.45. The molecule has 0 atom stereocenters. The van der Waals surface area contributed by atoms with Gasteiger partial charge in [0.25, 0.3) is 5.91 Å². The van der Waals surface area contributed by atoms with E-state index in [9.17, 15) is 22.8 Å². The standard InChI is InChI=1S/C26H28F3N5O3/c1-2-33-9-11-34(12-10-33)16-19-3-6-21(13-23(19)26(27,28)29)32-24(35)17-37-22-7-4-18(5-8-22)20-14-30-25(36)31-15-20/h3-8,13-15H,2,9-12,16-17H2,1H3,(H,32,35)(H,30,31,36). The Kier molecular flexibility index (Phi) is 8.24. The summed E-state index contributed by atoms with van der Waals surface area (Å²) in [7, 11) is 0. The number of rotatable bonds is 8. The molecule has 1 amide bonds. The van der Waals surface area contributed by atoms with Gasteiger partial charge in [-0.15, -0.1) is 0 Å². The van der Waals surface area contributed by atoms with E-state index in [0.717, 1.165) is 31.3 Å². The molecule has 37 heavy (non-hydrogen) atoms. The molecule has 0 radical (unpaired) electrons. The average molecular weight is 516 g/mol. The highest BCUT2D eigenvalue weighted by molar-refractivity contribution is 5.92. The Hall–Kier alpha value is -3.70. The first-order valence-corrected chi connectivity index (χ1v) is 11.9. The van der Waals surface area contributed by atoms with Crippen LogP contribution < -0.4 is 15.7 Å². The number of carbonyl (C=O) groups is 1. The molecule has 1 fully saturated rings. The van der Waals surface area contributed by atoms with Crippen LogP contribution in [0, 0.1) is 0 Å². The van der Waals surface area contributed by atoms with Crippen LogP contribution in [-0.2, 0) is 17.5 Å². The first-order valence-electron chi connectivity index (χ1n) is 11.9. The zero-order valence-corrected chi connectivity index (χ0v) is 20.3. The number of alkyl halides is 3. The van der Waals surface area contributed by atoms with Gasteiger partial charge in [-0.2, -0.15) is 13.2 Å². The number of benzene rings is 2. The van der Waals surface area contributed by atoms with Crippen LogP contribution in [0.2, 0.25) is 0 Å². The van der Waals surface area contributed by atoms with E-state index in [1.165, 1.54) is 24.5 Å². The van der Waals surface area contributed by atoms with Gasteiger partial charge in [0.15, 0.2) is 6.61 Å². The predicted molar refractivity (Wildman–Crippen MR) is 133 cm³/mol. The largest absolute Gasteiger partial charge is 0.484 e. The second-order valence-electron chi connectivity index (χ2n) is 8.75. The minimum absolute atomic E-state index is 0.0568. The number of likely N-dealkylation sites (N-methyl/N-ethyl adjacent to an activating group) is 1. The van der Waals surface area contributed by atoms with Crippen LogP contribution >= 0.6 is 0 Å². The molecule has 0 aliphatic carbocycles. The highest BCUT2D eigenvalue weighted by atomic mass is 19.4. The van der Waals surface area contributed by atoms with Gasteiger partial charge in [-0.3, -0.25) is 9.69 Å². The topological polar surface area (TPSA) is 90.6 Å². The van der Waals surface area contributed by atoms with Crippen molar-refractivity contribution in [3.8, 4) is 16.9 Å². The van der Waals surface area contributed by atoms with Crippen molar-refractivity contribution in [2.45, 2.75) is 19.6 Å². The predicted octanol–water partition coefficient (Wildman–Crippen LogP) is 3.61.